The summed E-state index contributed by atoms with van der Waals surface area (Å²) in [5, 5.41) is 9.00. The van der Waals surface area contributed by atoms with Crippen LogP contribution in [0, 0.1) is 6.92 Å². The highest BCUT2D eigenvalue weighted by Crippen LogP contribution is 2.17. The monoisotopic (exact) mass is 352 g/mol. The van der Waals surface area contributed by atoms with Gasteiger partial charge in [-0.25, -0.2) is 0 Å². The summed E-state index contributed by atoms with van der Waals surface area (Å²) in [5.41, 5.74) is 0.942. The lowest BCUT2D eigenvalue weighted by Gasteiger charge is -2.07. The van der Waals surface area contributed by atoms with E-state index in [-0.39, 0.29) is 11.3 Å². The molecule has 3 rings (SSSR count). The van der Waals surface area contributed by atoms with Crippen LogP contribution in [0.2, 0.25) is 0 Å². The van der Waals surface area contributed by atoms with E-state index in [4.69, 9.17) is 9.26 Å². The van der Waals surface area contributed by atoms with Gasteiger partial charge in [0.1, 0.15) is 17.2 Å². The van der Waals surface area contributed by atoms with Crippen molar-refractivity contribution in [3.8, 4) is 5.75 Å². The number of aromatic nitrogens is 2. The first-order valence-corrected chi connectivity index (χ1v) is 7.71. The fourth-order valence-corrected chi connectivity index (χ4v) is 2.21. The molecule has 0 aliphatic rings. The van der Waals surface area contributed by atoms with Crippen molar-refractivity contribution in [1.82, 2.24) is 10.1 Å². The maximum Gasteiger partial charge on any atom is 0.274 e. The summed E-state index contributed by atoms with van der Waals surface area (Å²) in [6, 6.07) is 11.4. The second kappa shape index (κ2) is 7.47. The van der Waals surface area contributed by atoms with E-state index >= 15 is 0 Å². The number of carbonyl (C=O) groups is 2. The first kappa shape index (κ1) is 17.2. The number of nitrogens with zero attached hydrogens (tertiary/aromatic N) is 2. The predicted molar refractivity (Wildman–Crippen MR) is 94.4 cm³/mol. The number of rotatable bonds is 5. The summed E-state index contributed by atoms with van der Waals surface area (Å²) in [6.45, 7) is 1.72. The first-order valence-electron chi connectivity index (χ1n) is 7.71. The molecule has 8 nitrogen and oxygen atoms in total. The molecule has 132 valence electrons. The SMILES string of the molecule is COc1cccc(NC(=O)c2cc(C(=O)Nc3cc(C)on3)ccn2)c1. The number of carbonyl (C=O) groups excluding carboxylic acids is 2. The van der Waals surface area contributed by atoms with Crippen LogP contribution in [0.5, 0.6) is 5.75 Å². The van der Waals surface area contributed by atoms with E-state index in [2.05, 4.69) is 20.8 Å². The molecule has 0 unspecified atom stereocenters. The van der Waals surface area contributed by atoms with Crippen LogP contribution in [0.1, 0.15) is 26.6 Å². The molecule has 0 radical (unpaired) electrons. The molecule has 0 saturated heterocycles. The number of hydrogen-bond donors (Lipinski definition) is 2. The lowest BCUT2D eigenvalue weighted by atomic mass is 10.2. The van der Waals surface area contributed by atoms with E-state index in [0.717, 1.165) is 0 Å². The van der Waals surface area contributed by atoms with Crippen molar-refractivity contribution in [2.75, 3.05) is 17.7 Å². The number of methoxy groups -OCH3 is 1. The van der Waals surface area contributed by atoms with Crippen LogP contribution in [0.15, 0.2) is 53.2 Å². The molecular weight excluding hydrogens is 336 g/mol. The number of nitrogens with one attached hydrogen (secondary N) is 2. The van der Waals surface area contributed by atoms with Gasteiger partial charge in [-0.1, -0.05) is 11.2 Å². The molecule has 2 aromatic heterocycles. The lowest BCUT2D eigenvalue weighted by Crippen LogP contribution is -2.17. The maximum absolute atomic E-state index is 12.4. The van der Waals surface area contributed by atoms with E-state index < -0.39 is 11.8 Å². The van der Waals surface area contributed by atoms with Gasteiger partial charge in [0.05, 0.1) is 7.11 Å². The minimum atomic E-state index is -0.440. The fourth-order valence-electron chi connectivity index (χ4n) is 2.21. The van der Waals surface area contributed by atoms with Crippen molar-refractivity contribution < 1.29 is 18.8 Å². The summed E-state index contributed by atoms with van der Waals surface area (Å²) >= 11 is 0. The van der Waals surface area contributed by atoms with Crippen LogP contribution in [0.4, 0.5) is 11.5 Å². The Bertz CT molecular complexity index is 952. The summed E-state index contributed by atoms with van der Waals surface area (Å²) < 4.78 is 10.0. The first-order chi connectivity index (χ1) is 12.5. The zero-order valence-corrected chi connectivity index (χ0v) is 14.1. The number of benzene rings is 1. The molecular formula is C18H16N4O4. The molecule has 26 heavy (non-hydrogen) atoms. The minimum absolute atomic E-state index is 0.108. The second-order valence-corrected chi connectivity index (χ2v) is 5.39. The van der Waals surface area contributed by atoms with E-state index in [1.807, 2.05) is 0 Å². The Kier molecular flexibility index (Phi) is 4.93. The summed E-state index contributed by atoms with van der Waals surface area (Å²) in [6.07, 6.45) is 1.39. The molecule has 3 aromatic rings. The molecule has 1 aromatic carbocycles. The van der Waals surface area contributed by atoms with Crippen LogP contribution in [0.3, 0.4) is 0 Å². The van der Waals surface area contributed by atoms with E-state index in [1.54, 1.807) is 44.4 Å². The van der Waals surface area contributed by atoms with Gasteiger partial charge in [-0.2, -0.15) is 0 Å². The molecule has 2 amide bonds. The van der Waals surface area contributed by atoms with Crippen LogP contribution in [-0.4, -0.2) is 29.1 Å². The Morgan fingerprint density at radius 2 is 1.92 bits per heavy atom. The highest BCUT2D eigenvalue weighted by atomic mass is 16.5. The van der Waals surface area contributed by atoms with Crippen LogP contribution < -0.4 is 15.4 Å². The van der Waals surface area contributed by atoms with Crippen LogP contribution in [-0.2, 0) is 0 Å². The Labute approximate surface area is 149 Å². The Balaban J connectivity index is 1.73. The van der Waals surface area contributed by atoms with Gasteiger partial charge in [0.2, 0.25) is 0 Å². The molecule has 0 fully saturated rings. The summed E-state index contributed by atoms with van der Waals surface area (Å²) in [5.74, 6) is 0.633. The maximum atomic E-state index is 12.4. The van der Waals surface area contributed by atoms with Crippen molar-refractivity contribution in [1.29, 1.82) is 0 Å². The molecule has 0 atom stereocenters. The molecule has 0 saturated carbocycles. The smallest absolute Gasteiger partial charge is 0.274 e. The van der Waals surface area contributed by atoms with Gasteiger partial charge >= 0.3 is 0 Å². The number of pyridine rings is 1. The number of hydrogen-bond acceptors (Lipinski definition) is 6. The highest BCUT2D eigenvalue weighted by Gasteiger charge is 2.14. The Morgan fingerprint density at radius 1 is 1.08 bits per heavy atom. The average molecular weight is 352 g/mol. The van der Waals surface area contributed by atoms with Crippen molar-refractivity contribution in [2.24, 2.45) is 0 Å². The van der Waals surface area contributed by atoms with Crippen molar-refractivity contribution in [3.05, 3.63) is 65.7 Å². The third-order valence-corrected chi connectivity index (χ3v) is 3.45. The van der Waals surface area contributed by atoms with Crippen LogP contribution in [0.25, 0.3) is 0 Å². The van der Waals surface area contributed by atoms with Crippen molar-refractivity contribution >= 4 is 23.3 Å². The summed E-state index contributed by atoms with van der Waals surface area (Å²) in [7, 11) is 1.54. The van der Waals surface area contributed by atoms with Gasteiger partial charge in [-0.15, -0.1) is 0 Å². The van der Waals surface area contributed by atoms with E-state index in [9.17, 15) is 9.59 Å². The third kappa shape index (κ3) is 4.04. The Morgan fingerprint density at radius 3 is 2.65 bits per heavy atom. The number of amides is 2. The highest BCUT2D eigenvalue weighted by molar-refractivity contribution is 6.07. The minimum Gasteiger partial charge on any atom is -0.497 e. The van der Waals surface area contributed by atoms with Gasteiger partial charge in [0.25, 0.3) is 11.8 Å². The van der Waals surface area contributed by atoms with E-state index in [0.29, 0.717) is 23.0 Å². The zero-order valence-electron chi connectivity index (χ0n) is 14.1. The number of anilines is 2. The lowest BCUT2D eigenvalue weighted by molar-refractivity contribution is 0.102. The van der Waals surface area contributed by atoms with Gasteiger partial charge < -0.3 is 19.9 Å². The van der Waals surface area contributed by atoms with Gasteiger partial charge in [-0.3, -0.25) is 14.6 Å². The molecule has 0 aliphatic carbocycles. The molecule has 0 spiro atoms. The summed E-state index contributed by atoms with van der Waals surface area (Å²) in [4.78, 5) is 28.7. The van der Waals surface area contributed by atoms with Gasteiger partial charge in [-0.05, 0) is 31.2 Å². The Hall–Kier alpha value is -3.68. The average Bonchev–Trinajstić information content (AvgIpc) is 3.06. The molecule has 2 heterocycles. The fraction of sp³-hybridized carbons (Fsp3) is 0.111. The van der Waals surface area contributed by atoms with Crippen molar-refractivity contribution in [2.45, 2.75) is 6.92 Å². The van der Waals surface area contributed by atoms with Gasteiger partial charge in [0, 0.05) is 29.6 Å². The topological polar surface area (TPSA) is 106 Å². The quantitative estimate of drug-likeness (QED) is 0.731. The molecule has 8 heteroatoms. The van der Waals surface area contributed by atoms with Gasteiger partial charge in [0.15, 0.2) is 5.82 Å². The predicted octanol–water partition coefficient (Wildman–Crippen LogP) is 2.89. The third-order valence-electron chi connectivity index (χ3n) is 3.45. The second-order valence-electron chi connectivity index (χ2n) is 5.39. The largest absolute Gasteiger partial charge is 0.497 e. The number of ether oxygens (including phenoxy) is 1. The molecule has 0 bridgehead atoms. The normalized spacial score (nSPS) is 10.2. The zero-order chi connectivity index (χ0) is 18.5. The van der Waals surface area contributed by atoms with Crippen LogP contribution >= 0.6 is 0 Å². The standard InChI is InChI=1S/C18H16N4O4/c1-11-8-16(22-26-11)21-17(23)12-6-7-19-15(9-12)18(24)20-13-4-3-5-14(10-13)25-2/h3-10H,1-2H3,(H,20,24)(H,21,22,23). The number of aryl methyl sites for hydroxylation is 1. The molecule has 2 N–H and O–H groups in total. The van der Waals surface area contributed by atoms with Crippen molar-refractivity contribution in [3.63, 3.8) is 0 Å². The molecule has 0 aliphatic heterocycles. The van der Waals surface area contributed by atoms with E-state index in [1.165, 1.54) is 18.3 Å².